The fourth-order valence-corrected chi connectivity index (χ4v) is 1.32. The van der Waals surface area contributed by atoms with Gasteiger partial charge in [0.1, 0.15) is 17.7 Å². The summed E-state index contributed by atoms with van der Waals surface area (Å²) in [7, 11) is 1.13. The Kier molecular flexibility index (Phi) is 4.55. The highest BCUT2D eigenvalue weighted by atomic mass is 19.1. The summed E-state index contributed by atoms with van der Waals surface area (Å²) in [5.74, 6) is -2.20. The molecular weight excluding hydrogens is 230 g/mol. The molecule has 1 rings (SSSR count). The molecule has 1 aromatic rings. The number of carbonyl (C=O) groups is 1. The standard InChI is InChI=1S/C11H10F2N2O2/c1-17-11(16)10(15-5-4-14)8-6-7(12)2-3-9(8)13/h2-3,6,10,15H,5H2,1H3. The van der Waals surface area contributed by atoms with Gasteiger partial charge in [0.05, 0.1) is 19.7 Å². The van der Waals surface area contributed by atoms with Gasteiger partial charge in [-0.25, -0.2) is 13.6 Å². The summed E-state index contributed by atoms with van der Waals surface area (Å²) in [5, 5.41) is 10.9. The van der Waals surface area contributed by atoms with E-state index in [1.807, 2.05) is 0 Å². The lowest BCUT2D eigenvalue weighted by Gasteiger charge is -2.15. The van der Waals surface area contributed by atoms with Crippen LogP contribution in [0.3, 0.4) is 0 Å². The van der Waals surface area contributed by atoms with Crippen molar-refractivity contribution in [2.24, 2.45) is 0 Å². The minimum Gasteiger partial charge on any atom is -0.468 e. The van der Waals surface area contributed by atoms with Crippen LogP contribution in [0.15, 0.2) is 18.2 Å². The Morgan fingerprint density at radius 1 is 1.59 bits per heavy atom. The Hall–Kier alpha value is -2.00. The van der Waals surface area contributed by atoms with Crippen molar-refractivity contribution < 1.29 is 18.3 Å². The Labute approximate surface area is 96.8 Å². The molecule has 0 fully saturated rings. The first-order valence-corrected chi connectivity index (χ1v) is 4.73. The molecule has 0 aliphatic carbocycles. The zero-order valence-corrected chi connectivity index (χ0v) is 9.04. The van der Waals surface area contributed by atoms with Gasteiger partial charge in [0.25, 0.3) is 0 Å². The molecule has 0 saturated heterocycles. The summed E-state index contributed by atoms with van der Waals surface area (Å²) in [6.07, 6.45) is 0. The number of hydrogen-bond donors (Lipinski definition) is 1. The molecule has 0 aliphatic rings. The summed E-state index contributed by atoms with van der Waals surface area (Å²) in [4.78, 5) is 11.4. The van der Waals surface area contributed by atoms with Gasteiger partial charge in [-0.2, -0.15) is 5.26 Å². The molecule has 1 aromatic carbocycles. The highest BCUT2D eigenvalue weighted by molar-refractivity contribution is 5.77. The largest absolute Gasteiger partial charge is 0.468 e. The van der Waals surface area contributed by atoms with Crippen LogP contribution in [0, 0.1) is 23.0 Å². The second-order valence-corrected chi connectivity index (χ2v) is 3.16. The van der Waals surface area contributed by atoms with Crippen LogP contribution < -0.4 is 5.32 Å². The summed E-state index contributed by atoms with van der Waals surface area (Å²) >= 11 is 0. The van der Waals surface area contributed by atoms with Crippen molar-refractivity contribution in [3.8, 4) is 6.07 Å². The molecule has 4 nitrogen and oxygen atoms in total. The van der Waals surface area contributed by atoms with Crippen molar-refractivity contribution in [3.05, 3.63) is 35.4 Å². The fraction of sp³-hybridized carbons (Fsp3) is 0.273. The van der Waals surface area contributed by atoms with Crippen LogP contribution in [-0.2, 0) is 9.53 Å². The second kappa shape index (κ2) is 5.92. The third-order valence-electron chi connectivity index (χ3n) is 2.09. The van der Waals surface area contributed by atoms with Crippen molar-refractivity contribution in [3.63, 3.8) is 0 Å². The Morgan fingerprint density at radius 3 is 2.88 bits per heavy atom. The van der Waals surface area contributed by atoms with Crippen molar-refractivity contribution in [2.45, 2.75) is 6.04 Å². The molecule has 0 bridgehead atoms. The predicted molar refractivity (Wildman–Crippen MR) is 54.7 cm³/mol. The van der Waals surface area contributed by atoms with Gasteiger partial charge < -0.3 is 4.74 Å². The monoisotopic (exact) mass is 240 g/mol. The maximum atomic E-state index is 13.4. The third kappa shape index (κ3) is 3.23. The third-order valence-corrected chi connectivity index (χ3v) is 2.09. The zero-order chi connectivity index (χ0) is 12.8. The normalized spacial score (nSPS) is 11.6. The van der Waals surface area contributed by atoms with Gasteiger partial charge in [-0.1, -0.05) is 0 Å². The van der Waals surface area contributed by atoms with Crippen LogP contribution in [0.5, 0.6) is 0 Å². The minimum atomic E-state index is -1.20. The first-order valence-electron chi connectivity index (χ1n) is 4.73. The van der Waals surface area contributed by atoms with Gasteiger partial charge in [0, 0.05) is 5.56 Å². The first-order chi connectivity index (χ1) is 8.10. The fourth-order valence-electron chi connectivity index (χ4n) is 1.32. The number of nitriles is 1. The minimum absolute atomic E-state index is 0.185. The molecule has 90 valence electrons. The van der Waals surface area contributed by atoms with Gasteiger partial charge in [0.2, 0.25) is 0 Å². The van der Waals surface area contributed by atoms with E-state index in [9.17, 15) is 13.6 Å². The molecule has 0 radical (unpaired) electrons. The molecule has 0 aromatic heterocycles. The number of nitrogens with zero attached hydrogens (tertiary/aromatic N) is 1. The lowest BCUT2D eigenvalue weighted by Crippen LogP contribution is -2.30. The SMILES string of the molecule is COC(=O)C(NCC#N)c1cc(F)ccc1F. The first kappa shape index (κ1) is 13.1. The molecule has 17 heavy (non-hydrogen) atoms. The average molecular weight is 240 g/mol. The maximum absolute atomic E-state index is 13.4. The highest BCUT2D eigenvalue weighted by Gasteiger charge is 2.24. The van der Waals surface area contributed by atoms with Crippen LogP contribution in [0.2, 0.25) is 0 Å². The molecule has 0 saturated carbocycles. The van der Waals surface area contributed by atoms with Crippen LogP contribution in [0.25, 0.3) is 0 Å². The maximum Gasteiger partial charge on any atom is 0.327 e. The van der Waals surface area contributed by atoms with Crippen LogP contribution in [0.1, 0.15) is 11.6 Å². The smallest absolute Gasteiger partial charge is 0.327 e. The molecule has 0 spiro atoms. The van der Waals surface area contributed by atoms with Crippen LogP contribution in [-0.4, -0.2) is 19.6 Å². The lowest BCUT2D eigenvalue weighted by molar-refractivity contribution is -0.143. The van der Waals surface area contributed by atoms with Crippen molar-refractivity contribution in [1.29, 1.82) is 5.26 Å². The number of benzene rings is 1. The average Bonchev–Trinajstić information content (AvgIpc) is 2.33. The van der Waals surface area contributed by atoms with E-state index in [2.05, 4.69) is 10.1 Å². The lowest BCUT2D eigenvalue weighted by atomic mass is 10.1. The van der Waals surface area contributed by atoms with E-state index in [1.165, 1.54) is 0 Å². The Balaban J connectivity index is 3.08. The van der Waals surface area contributed by atoms with E-state index in [4.69, 9.17) is 5.26 Å². The van der Waals surface area contributed by atoms with Crippen molar-refractivity contribution in [2.75, 3.05) is 13.7 Å². The highest BCUT2D eigenvalue weighted by Crippen LogP contribution is 2.19. The number of carbonyl (C=O) groups excluding carboxylic acids is 1. The molecule has 0 aliphatic heterocycles. The summed E-state index contributed by atoms with van der Waals surface area (Å²) in [6.45, 7) is -0.185. The molecule has 6 heteroatoms. The van der Waals surface area contributed by atoms with E-state index < -0.39 is 23.6 Å². The van der Waals surface area contributed by atoms with Gasteiger partial charge in [-0.3, -0.25) is 5.32 Å². The molecule has 1 N–H and O–H groups in total. The van der Waals surface area contributed by atoms with Crippen LogP contribution >= 0.6 is 0 Å². The van der Waals surface area contributed by atoms with E-state index in [-0.39, 0.29) is 12.1 Å². The topological polar surface area (TPSA) is 62.1 Å². The number of esters is 1. The van der Waals surface area contributed by atoms with Crippen molar-refractivity contribution >= 4 is 5.97 Å². The van der Waals surface area contributed by atoms with Crippen molar-refractivity contribution in [1.82, 2.24) is 5.32 Å². The van der Waals surface area contributed by atoms with Gasteiger partial charge in [-0.05, 0) is 18.2 Å². The summed E-state index contributed by atoms with van der Waals surface area (Å²) < 4.78 is 30.9. The summed E-state index contributed by atoms with van der Waals surface area (Å²) in [6, 6.07) is 3.29. The van der Waals surface area contributed by atoms with E-state index in [0.29, 0.717) is 0 Å². The van der Waals surface area contributed by atoms with E-state index in [1.54, 1.807) is 6.07 Å². The number of nitrogens with one attached hydrogen (secondary N) is 1. The van der Waals surface area contributed by atoms with Crippen LogP contribution in [0.4, 0.5) is 8.78 Å². The number of halogens is 2. The molecule has 1 atom stereocenters. The van der Waals surface area contributed by atoms with E-state index >= 15 is 0 Å². The van der Waals surface area contributed by atoms with Gasteiger partial charge in [-0.15, -0.1) is 0 Å². The Morgan fingerprint density at radius 2 is 2.29 bits per heavy atom. The summed E-state index contributed by atoms with van der Waals surface area (Å²) in [5.41, 5.74) is -0.188. The molecule has 0 heterocycles. The quantitative estimate of drug-likeness (QED) is 0.636. The molecular formula is C11H10F2N2O2. The number of ether oxygens (including phenoxy) is 1. The molecule has 1 unspecified atom stereocenters. The van der Waals surface area contributed by atoms with Gasteiger partial charge in [0.15, 0.2) is 0 Å². The zero-order valence-electron chi connectivity index (χ0n) is 9.04. The van der Waals surface area contributed by atoms with Gasteiger partial charge >= 0.3 is 5.97 Å². The Bertz CT molecular complexity index is 457. The van der Waals surface area contributed by atoms with E-state index in [0.717, 1.165) is 25.3 Å². The second-order valence-electron chi connectivity index (χ2n) is 3.16. The number of hydrogen-bond acceptors (Lipinski definition) is 4. The number of rotatable bonds is 4. The number of methoxy groups -OCH3 is 1. The predicted octanol–water partition coefficient (Wildman–Crippen LogP) is 1.29. The molecule has 0 amide bonds.